The van der Waals surface area contributed by atoms with Crippen molar-refractivity contribution in [3.05, 3.63) is 51.0 Å². The highest BCUT2D eigenvalue weighted by Crippen LogP contribution is 2.17. The number of carbonyl (C=O) groups excluding carboxylic acids is 1. The average molecular weight is 360 g/mol. The normalized spacial score (nSPS) is 12.0. The first-order chi connectivity index (χ1) is 9.76. The highest BCUT2D eigenvalue weighted by molar-refractivity contribution is 7.11. The van der Waals surface area contributed by atoms with Gasteiger partial charge in [-0.15, -0.1) is 36.2 Å². The van der Waals surface area contributed by atoms with Gasteiger partial charge in [-0.05, 0) is 29.7 Å². The second-order valence-corrected chi connectivity index (χ2v) is 6.04. The summed E-state index contributed by atoms with van der Waals surface area (Å²) >= 11 is 1.65. The molecule has 0 radical (unpaired) electrons. The molecule has 0 fully saturated rings. The number of nitrogens with one attached hydrogen (secondary N) is 2. The van der Waals surface area contributed by atoms with E-state index >= 15 is 0 Å². The summed E-state index contributed by atoms with van der Waals surface area (Å²) in [5, 5.41) is 7.17. The number of nitrogens with zero attached hydrogens (tertiary/aromatic N) is 1. The third-order valence-electron chi connectivity index (χ3n) is 3.45. The molecule has 0 bridgehead atoms. The number of aromatic nitrogens is 1. The molecule has 120 valence electrons. The van der Waals surface area contributed by atoms with Crippen molar-refractivity contribution in [2.75, 3.05) is 0 Å². The van der Waals surface area contributed by atoms with Crippen molar-refractivity contribution in [2.24, 2.45) is 0 Å². The van der Waals surface area contributed by atoms with E-state index in [0.29, 0.717) is 6.54 Å². The molecule has 1 aromatic carbocycles. The Morgan fingerprint density at radius 3 is 2.82 bits per heavy atom. The molecule has 7 heteroatoms. The number of thiazole rings is 1. The van der Waals surface area contributed by atoms with Crippen LogP contribution in [0, 0.1) is 0 Å². The van der Waals surface area contributed by atoms with Crippen LogP contribution in [0.25, 0.3) is 0 Å². The Labute approximate surface area is 146 Å². The molecular formula is C15H19Cl2N3OS. The van der Waals surface area contributed by atoms with Gasteiger partial charge in [0, 0.05) is 29.7 Å². The Kier molecular flexibility index (Phi) is 7.29. The van der Waals surface area contributed by atoms with Crippen LogP contribution in [0.15, 0.2) is 24.4 Å². The fourth-order valence-electron chi connectivity index (χ4n) is 2.29. The number of rotatable bonds is 4. The molecule has 1 amide bonds. The molecule has 0 saturated heterocycles. The Balaban J connectivity index is 0.00000121. The van der Waals surface area contributed by atoms with Gasteiger partial charge in [-0.1, -0.05) is 13.0 Å². The smallest absolute Gasteiger partial charge is 0.251 e. The second kappa shape index (κ2) is 8.48. The zero-order valence-corrected chi connectivity index (χ0v) is 14.7. The van der Waals surface area contributed by atoms with Gasteiger partial charge in [0.2, 0.25) is 0 Å². The van der Waals surface area contributed by atoms with E-state index in [2.05, 4.69) is 22.5 Å². The van der Waals surface area contributed by atoms with Crippen molar-refractivity contribution in [3.8, 4) is 0 Å². The van der Waals surface area contributed by atoms with E-state index in [0.717, 1.165) is 30.1 Å². The van der Waals surface area contributed by atoms with Crippen molar-refractivity contribution in [3.63, 3.8) is 0 Å². The molecule has 1 aromatic heterocycles. The Morgan fingerprint density at radius 1 is 1.32 bits per heavy atom. The third-order valence-corrected chi connectivity index (χ3v) is 4.59. The van der Waals surface area contributed by atoms with Crippen molar-refractivity contribution >= 4 is 42.1 Å². The average Bonchev–Trinajstić information content (AvgIpc) is 3.12. The summed E-state index contributed by atoms with van der Waals surface area (Å²) in [6, 6.07) is 5.90. The van der Waals surface area contributed by atoms with Crippen molar-refractivity contribution in [1.82, 2.24) is 15.6 Å². The lowest BCUT2D eigenvalue weighted by atomic mass is 10.1. The molecule has 2 N–H and O–H groups in total. The van der Waals surface area contributed by atoms with Gasteiger partial charge in [0.15, 0.2) is 0 Å². The number of aryl methyl sites for hydroxylation is 1. The maximum absolute atomic E-state index is 12.1. The summed E-state index contributed by atoms with van der Waals surface area (Å²) in [7, 11) is 0. The van der Waals surface area contributed by atoms with Crippen LogP contribution < -0.4 is 10.6 Å². The minimum absolute atomic E-state index is 0. The zero-order chi connectivity index (χ0) is 13.9. The topological polar surface area (TPSA) is 54.0 Å². The molecule has 3 rings (SSSR count). The SMILES string of the molecule is CCc1cnc(CNC(=O)c2ccc3c(c2)CNC3)s1.Cl.Cl. The van der Waals surface area contributed by atoms with Gasteiger partial charge in [-0.2, -0.15) is 0 Å². The molecule has 2 aromatic rings. The van der Waals surface area contributed by atoms with Crippen LogP contribution in [0.4, 0.5) is 0 Å². The largest absolute Gasteiger partial charge is 0.346 e. The predicted octanol–water partition coefficient (Wildman–Crippen LogP) is 3.08. The van der Waals surface area contributed by atoms with Crippen LogP contribution in [0.5, 0.6) is 0 Å². The van der Waals surface area contributed by atoms with Gasteiger partial charge in [0.1, 0.15) is 5.01 Å². The highest BCUT2D eigenvalue weighted by Gasteiger charge is 2.13. The number of hydrogen-bond acceptors (Lipinski definition) is 4. The molecule has 0 unspecified atom stereocenters. The fourth-order valence-corrected chi connectivity index (χ4v) is 3.09. The van der Waals surface area contributed by atoms with E-state index in [-0.39, 0.29) is 30.7 Å². The summed E-state index contributed by atoms with van der Waals surface area (Å²) < 4.78 is 0. The summed E-state index contributed by atoms with van der Waals surface area (Å²) in [4.78, 5) is 17.7. The first-order valence-corrected chi connectivity index (χ1v) is 7.62. The van der Waals surface area contributed by atoms with Gasteiger partial charge in [0.05, 0.1) is 6.54 Å². The summed E-state index contributed by atoms with van der Waals surface area (Å²) in [6.45, 7) is 4.35. The van der Waals surface area contributed by atoms with Crippen LogP contribution in [-0.2, 0) is 26.1 Å². The van der Waals surface area contributed by atoms with Gasteiger partial charge < -0.3 is 10.6 Å². The molecule has 0 saturated carbocycles. The van der Waals surface area contributed by atoms with E-state index in [9.17, 15) is 4.79 Å². The summed E-state index contributed by atoms with van der Waals surface area (Å²) in [5.74, 6) is -0.0343. The minimum Gasteiger partial charge on any atom is -0.346 e. The van der Waals surface area contributed by atoms with Crippen molar-refractivity contribution in [2.45, 2.75) is 33.0 Å². The monoisotopic (exact) mass is 359 g/mol. The van der Waals surface area contributed by atoms with Crippen molar-refractivity contribution in [1.29, 1.82) is 0 Å². The van der Waals surface area contributed by atoms with E-state index < -0.39 is 0 Å². The molecule has 2 heterocycles. The Morgan fingerprint density at radius 2 is 2.09 bits per heavy atom. The fraction of sp³-hybridized carbons (Fsp3) is 0.333. The van der Waals surface area contributed by atoms with Crippen LogP contribution >= 0.6 is 36.2 Å². The highest BCUT2D eigenvalue weighted by atomic mass is 35.5. The Bertz CT molecular complexity index is 645. The van der Waals surface area contributed by atoms with Crippen LogP contribution in [-0.4, -0.2) is 10.9 Å². The molecular weight excluding hydrogens is 341 g/mol. The van der Waals surface area contributed by atoms with E-state index in [4.69, 9.17) is 0 Å². The lowest BCUT2D eigenvalue weighted by Gasteiger charge is -2.05. The van der Waals surface area contributed by atoms with Gasteiger partial charge in [-0.3, -0.25) is 4.79 Å². The summed E-state index contributed by atoms with van der Waals surface area (Å²) in [5.41, 5.74) is 3.23. The zero-order valence-electron chi connectivity index (χ0n) is 12.2. The minimum atomic E-state index is -0.0343. The van der Waals surface area contributed by atoms with Crippen LogP contribution in [0.3, 0.4) is 0 Å². The predicted molar refractivity (Wildman–Crippen MR) is 94.1 cm³/mol. The molecule has 0 spiro atoms. The number of hydrogen-bond donors (Lipinski definition) is 2. The van der Waals surface area contributed by atoms with Gasteiger partial charge >= 0.3 is 0 Å². The van der Waals surface area contributed by atoms with Crippen LogP contribution in [0.1, 0.15) is 38.3 Å². The third kappa shape index (κ3) is 4.20. The maximum atomic E-state index is 12.1. The molecule has 22 heavy (non-hydrogen) atoms. The van der Waals surface area contributed by atoms with E-state index in [1.165, 1.54) is 16.0 Å². The quantitative estimate of drug-likeness (QED) is 0.881. The number of fused-ring (bicyclic) bond motifs is 1. The number of benzene rings is 1. The number of amides is 1. The first-order valence-electron chi connectivity index (χ1n) is 6.80. The molecule has 1 aliphatic heterocycles. The second-order valence-electron chi connectivity index (χ2n) is 4.84. The Hall–Kier alpha value is -1.14. The maximum Gasteiger partial charge on any atom is 0.251 e. The molecule has 1 aliphatic rings. The van der Waals surface area contributed by atoms with Crippen molar-refractivity contribution < 1.29 is 4.79 Å². The van der Waals surface area contributed by atoms with E-state index in [1.54, 1.807) is 11.3 Å². The molecule has 0 aliphatic carbocycles. The van der Waals surface area contributed by atoms with Gasteiger partial charge in [0.25, 0.3) is 5.91 Å². The lowest BCUT2D eigenvalue weighted by Crippen LogP contribution is -2.22. The lowest BCUT2D eigenvalue weighted by molar-refractivity contribution is 0.0951. The van der Waals surface area contributed by atoms with Gasteiger partial charge in [-0.25, -0.2) is 4.98 Å². The van der Waals surface area contributed by atoms with Crippen LogP contribution in [0.2, 0.25) is 0 Å². The molecule has 4 nitrogen and oxygen atoms in total. The summed E-state index contributed by atoms with van der Waals surface area (Å²) in [6.07, 6.45) is 2.87. The number of carbonyl (C=O) groups is 1. The number of halogens is 2. The van der Waals surface area contributed by atoms with E-state index in [1.807, 2.05) is 24.4 Å². The molecule has 0 atom stereocenters. The standard InChI is InChI=1S/C15H17N3OS.2ClH/c1-2-13-8-17-14(20-13)9-18-15(19)10-3-4-11-6-16-7-12(11)5-10;;/h3-5,8,16H,2,6-7,9H2,1H3,(H,18,19);2*1H. The first kappa shape index (κ1) is 18.9.